The first kappa shape index (κ1) is 15.0. The lowest BCUT2D eigenvalue weighted by Crippen LogP contribution is -2.42. The first-order valence-electron chi connectivity index (χ1n) is 6.75. The van der Waals surface area contributed by atoms with Gasteiger partial charge in [0.15, 0.2) is 0 Å². The highest BCUT2D eigenvalue weighted by Gasteiger charge is 2.26. The highest BCUT2D eigenvalue weighted by molar-refractivity contribution is 7.89. The molecule has 5 nitrogen and oxygen atoms in total. The van der Waals surface area contributed by atoms with E-state index in [1.165, 1.54) is 12.1 Å². The molecule has 2 rings (SSSR count). The Morgan fingerprint density at radius 2 is 2.05 bits per heavy atom. The molecule has 0 spiro atoms. The van der Waals surface area contributed by atoms with Crippen LogP contribution in [0.4, 0.5) is 0 Å². The minimum atomic E-state index is -3.79. The topological polar surface area (TPSA) is 80.5 Å². The first-order valence-corrected chi connectivity index (χ1v) is 8.30. The fraction of sp³-hybridized carbons (Fsp3) is 0.500. The highest BCUT2D eigenvalue weighted by Crippen LogP contribution is 2.22. The van der Waals surface area contributed by atoms with Gasteiger partial charge in [0.1, 0.15) is 0 Å². The number of aryl methyl sites for hydroxylation is 1. The highest BCUT2D eigenvalue weighted by atomic mass is 32.2. The summed E-state index contributed by atoms with van der Waals surface area (Å²) in [4.78, 5) is 14.4. The van der Waals surface area contributed by atoms with Crippen molar-refractivity contribution in [3.05, 3.63) is 29.3 Å². The SMILES string of the molecule is Cc1ccc(S(N)(=O)=O)cc1C(=O)N1CCCCC1C. The van der Waals surface area contributed by atoms with Crippen molar-refractivity contribution in [2.45, 2.75) is 44.0 Å². The number of carbonyl (C=O) groups excluding carboxylic acids is 1. The van der Waals surface area contributed by atoms with E-state index in [1.807, 2.05) is 11.8 Å². The van der Waals surface area contributed by atoms with Gasteiger partial charge >= 0.3 is 0 Å². The van der Waals surface area contributed by atoms with Gasteiger partial charge in [-0.2, -0.15) is 0 Å². The fourth-order valence-electron chi connectivity index (χ4n) is 2.56. The molecule has 0 saturated carbocycles. The molecule has 110 valence electrons. The Hall–Kier alpha value is -1.40. The summed E-state index contributed by atoms with van der Waals surface area (Å²) in [5.41, 5.74) is 1.19. The van der Waals surface area contributed by atoms with Crippen molar-refractivity contribution in [2.24, 2.45) is 5.14 Å². The number of sulfonamides is 1. The van der Waals surface area contributed by atoms with Crippen molar-refractivity contribution in [1.82, 2.24) is 4.90 Å². The van der Waals surface area contributed by atoms with Gasteiger partial charge in [0, 0.05) is 18.2 Å². The summed E-state index contributed by atoms with van der Waals surface area (Å²) in [6.45, 7) is 4.55. The number of likely N-dealkylation sites (tertiary alicyclic amines) is 1. The molecule has 0 aliphatic carbocycles. The van der Waals surface area contributed by atoms with Crippen molar-refractivity contribution in [3.8, 4) is 0 Å². The predicted molar refractivity (Wildman–Crippen MR) is 76.9 cm³/mol. The van der Waals surface area contributed by atoms with Crippen molar-refractivity contribution in [2.75, 3.05) is 6.54 Å². The maximum absolute atomic E-state index is 12.6. The van der Waals surface area contributed by atoms with E-state index >= 15 is 0 Å². The van der Waals surface area contributed by atoms with Crippen LogP contribution < -0.4 is 5.14 Å². The molecule has 6 heteroatoms. The summed E-state index contributed by atoms with van der Waals surface area (Å²) >= 11 is 0. The zero-order valence-corrected chi connectivity index (χ0v) is 12.6. The third-order valence-corrected chi connectivity index (χ3v) is 4.74. The maximum Gasteiger partial charge on any atom is 0.254 e. The Morgan fingerprint density at radius 3 is 2.65 bits per heavy atom. The number of carbonyl (C=O) groups is 1. The van der Waals surface area contributed by atoms with Crippen LogP contribution in [0.15, 0.2) is 23.1 Å². The Labute approximate surface area is 119 Å². The standard InChI is InChI=1S/C14H20N2O3S/c1-10-6-7-12(20(15,18)19)9-13(10)14(17)16-8-4-3-5-11(16)2/h6-7,9,11H,3-5,8H2,1-2H3,(H2,15,18,19). The van der Waals surface area contributed by atoms with Crippen LogP contribution in [0.5, 0.6) is 0 Å². The molecular formula is C14H20N2O3S. The van der Waals surface area contributed by atoms with Crippen LogP contribution in [0.1, 0.15) is 42.1 Å². The number of nitrogens with zero attached hydrogens (tertiary/aromatic N) is 1. The van der Waals surface area contributed by atoms with E-state index in [0.717, 1.165) is 31.4 Å². The Morgan fingerprint density at radius 1 is 1.35 bits per heavy atom. The molecule has 1 unspecified atom stereocenters. The molecule has 2 N–H and O–H groups in total. The van der Waals surface area contributed by atoms with Crippen LogP contribution in [0.25, 0.3) is 0 Å². The normalized spacial score (nSPS) is 19.9. The largest absolute Gasteiger partial charge is 0.336 e. The minimum Gasteiger partial charge on any atom is -0.336 e. The molecular weight excluding hydrogens is 276 g/mol. The fourth-order valence-corrected chi connectivity index (χ4v) is 3.10. The van der Waals surface area contributed by atoms with Crippen molar-refractivity contribution in [3.63, 3.8) is 0 Å². The van der Waals surface area contributed by atoms with Gasteiger partial charge in [0.25, 0.3) is 5.91 Å². The molecule has 1 aliphatic heterocycles. The summed E-state index contributed by atoms with van der Waals surface area (Å²) in [6.07, 6.45) is 3.10. The van der Waals surface area contributed by atoms with E-state index in [1.54, 1.807) is 13.0 Å². The van der Waals surface area contributed by atoms with E-state index in [9.17, 15) is 13.2 Å². The number of rotatable bonds is 2. The third-order valence-electron chi connectivity index (χ3n) is 3.83. The van der Waals surface area contributed by atoms with E-state index in [-0.39, 0.29) is 16.8 Å². The van der Waals surface area contributed by atoms with Gasteiger partial charge in [-0.05, 0) is 50.8 Å². The number of benzene rings is 1. The van der Waals surface area contributed by atoms with E-state index < -0.39 is 10.0 Å². The average Bonchev–Trinajstić information content (AvgIpc) is 2.37. The summed E-state index contributed by atoms with van der Waals surface area (Å²) in [5, 5.41) is 5.13. The van der Waals surface area contributed by atoms with E-state index in [0.29, 0.717) is 5.56 Å². The lowest BCUT2D eigenvalue weighted by molar-refractivity contribution is 0.0634. The van der Waals surface area contributed by atoms with Gasteiger partial charge in [-0.1, -0.05) is 6.07 Å². The number of nitrogens with two attached hydrogens (primary N) is 1. The summed E-state index contributed by atoms with van der Waals surface area (Å²) < 4.78 is 22.8. The summed E-state index contributed by atoms with van der Waals surface area (Å²) in [6, 6.07) is 4.63. The number of piperidine rings is 1. The molecule has 1 fully saturated rings. The van der Waals surface area contributed by atoms with Crippen molar-refractivity contribution < 1.29 is 13.2 Å². The minimum absolute atomic E-state index is 0.0175. The Balaban J connectivity index is 2.38. The molecule has 0 radical (unpaired) electrons. The maximum atomic E-state index is 12.6. The van der Waals surface area contributed by atoms with Crippen LogP contribution >= 0.6 is 0 Å². The third kappa shape index (κ3) is 3.02. The Kier molecular flexibility index (Phi) is 4.15. The molecule has 1 saturated heterocycles. The molecule has 1 aliphatic rings. The number of primary sulfonamides is 1. The second-order valence-corrected chi connectivity index (χ2v) is 6.93. The van der Waals surface area contributed by atoms with Gasteiger partial charge in [0.05, 0.1) is 4.90 Å². The van der Waals surface area contributed by atoms with Crippen LogP contribution in [0.2, 0.25) is 0 Å². The van der Waals surface area contributed by atoms with Crippen molar-refractivity contribution >= 4 is 15.9 Å². The van der Waals surface area contributed by atoms with Gasteiger partial charge in [-0.15, -0.1) is 0 Å². The number of amides is 1. The summed E-state index contributed by atoms with van der Waals surface area (Å²) in [5.74, 6) is -0.111. The second-order valence-electron chi connectivity index (χ2n) is 5.37. The molecule has 1 aromatic rings. The van der Waals surface area contributed by atoms with Crippen molar-refractivity contribution in [1.29, 1.82) is 0 Å². The zero-order chi connectivity index (χ0) is 14.9. The Bertz CT molecular complexity index is 625. The number of hydrogen-bond donors (Lipinski definition) is 1. The van der Waals surface area contributed by atoms with Gasteiger partial charge < -0.3 is 4.90 Å². The molecule has 1 amide bonds. The smallest absolute Gasteiger partial charge is 0.254 e. The van der Waals surface area contributed by atoms with Gasteiger partial charge in [-0.3, -0.25) is 4.79 Å². The quantitative estimate of drug-likeness (QED) is 0.901. The van der Waals surface area contributed by atoms with Crippen LogP contribution in [0.3, 0.4) is 0 Å². The predicted octanol–water partition coefficient (Wildman–Crippen LogP) is 1.66. The monoisotopic (exact) mass is 296 g/mol. The van der Waals surface area contributed by atoms with Crippen LogP contribution in [0, 0.1) is 6.92 Å². The molecule has 1 heterocycles. The first-order chi connectivity index (χ1) is 9.30. The van der Waals surface area contributed by atoms with Gasteiger partial charge in [0.2, 0.25) is 10.0 Å². The molecule has 20 heavy (non-hydrogen) atoms. The van der Waals surface area contributed by atoms with Crippen LogP contribution in [-0.4, -0.2) is 31.8 Å². The molecule has 0 bridgehead atoms. The average molecular weight is 296 g/mol. The van der Waals surface area contributed by atoms with E-state index in [2.05, 4.69) is 0 Å². The second kappa shape index (κ2) is 5.54. The van der Waals surface area contributed by atoms with E-state index in [4.69, 9.17) is 5.14 Å². The molecule has 1 aromatic carbocycles. The zero-order valence-electron chi connectivity index (χ0n) is 11.8. The lowest BCUT2D eigenvalue weighted by atomic mass is 10.0. The van der Waals surface area contributed by atoms with Gasteiger partial charge in [-0.25, -0.2) is 13.6 Å². The molecule has 0 aromatic heterocycles. The summed E-state index contributed by atoms with van der Waals surface area (Å²) in [7, 11) is -3.79. The lowest BCUT2D eigenvalue weighted by Gasteiger charge is -2.33. The number of hydrogen-bond acceptors (Lipinski definition) is 3. The van der Waals surface area contributed by atoms with Crippen LogP contribution in [-0.2, 0) is 10.0 Å². The molecule has 1 atom stereocenters.